The first kappa shape index (κ1) is 14.7. The van der Waals surface area contributed by atoms with E-state index >= 15 is 0 Å². The molecule has 0 bridgehead atoms. The number of nitrogens with zero attached hydrogens (tertiary/aromatic N) is 2. The molecule has 0 N–H and O–H groups in total. The van der Waals surface area contributed by atoms with Crippen LogP contribution in [-0.4, -0.2) is 4.57 Å². The SMILES string of the molecule is CC(C)c1ccc2c(c1)c(C#N)c(Cl)n2Cc1ccccc1. The zero-order valence-corrected chi connectivity index (χ0v) is 13.4. The van der Waals surface area contributed by atoms with E-state index in [1.807, 2.05) is 22.8 Å². The fourth-order valence-corrected chi connectivity index (χ4v) is 3.02. The molecule has 22 heavy (non-hydrogen) atoms. The third-order valence-electron chi connectivity index (χ3n) is 3.99. The Balaban J connectivity index is 2.18. The van der Waals surface area contributed by atoms with Crippen molar-refractivity contribution in [2.45, 2.75) is 26.3 Å². The van der Waals surface area contributed by atoms with Gasteiger partial charge in [0.25, 0.3) is 0 Å². The fourth-order valence-electron chi connectivity index (χ4n) is 2.73. The first-order valence-corrected chi connectivity index (χ1v) is 7.75. The standard InChI is InChI=1S/C19H17ClN2/c1-13(2)15-8-9-18-16(10-15)17(11-21)19(20)22(18)12-14-6-4-3-5-7-14/h3-10,13H,12H2,1-2H3. The van der Waals surface area contributed by atoms with E-state index in [2.05, 4.69) is 50.2 Å². The molecule has 3 rings (SSSR count). The fraction of sp³-hybridized carbons (Fsp3) is 0.211. The number of hydrogen-bond donors (Lipinski definition) is 0. The van der Waals surface area contributed by atoms with Crippen LogP contribution in [0.1, 0.15) is 36.5 Å². The van der Waals surface area contributed by atoms with Crippen LogP contribution in [0, 0.1) is 11.3 Å². The molecule has 0 aliphatic heterocycles. The molecule has 0 amide bonds. The van der Waals surface area contributed by atoms with Gasteiger partial charge in [0, 0.05) is 11.9 Å². The molecule has 1 aromatic heterocycles. The van der Waals surface area contributed by atoms with Crippen LogP contribution in [-0.2, 0) is 6.54 Å². The molecule has 0 saturated heterocycles. The summed E-state index contributed by atoms with van der Waals surface area (Å²) in [5.74, 6) is 0.423. The summed E-state index contributed by atoms with van der Waals surface area (Å²) in [4.78, 5) is 0. The average molecular weight is 309 g/mol. The molecule has 3 aromatic rings. The highest BCUT2D eigenvalue weighted by atomic mass is 35.5. The van der Waals surface area contributed by atoms with Crippen LogP contribution in [0.3, 0.4) is 0 Å². The topological polar surface area (TPSA) is 28.7 Å². The highest BCUT2D eigenvalue weighted by Crippen LogP contribution is 2.32. The van der Waals surface area contributed by atoms with E-state index in [9.17, 15) is 5.26 Å². The van der Waals surface area contributed by atoms with E-state index in [-0.39, 0.29) is 0 Å². The van der Waals surface area contributed by atoms with Crippen LogP contribution < -0.4 is 0 Å². The molecule has 0 radical (unpaired) electrons. The van der Waals surface area contributed by atoms with Crippen molar-refractivity contribution in [1.82, 2.24) is 4.57 Å². The zero-order chi connectivity index (χ0) is 15.7. The Morgan fingerprint density at radius 1 is 1.14 bits per heavy atom. The molecule has 0 atom stereocenters. The molecule has 0 saturated carbocycles. The van der Waals surface area contributed by atoms with E-state index in [0.29, 0.717) is 23.2 Å². The predicted octanol–water partition coefficient (Wildman–Crippen LogP) is 5.34. The second-order valence-electron chi connectivity index (χ2n) is 5.78. The van der Waals surface area contributed by atoms with Crippen molar-refractivity contribution >= 4 is 22.5 Å². The Morgan fingerprint density at radius 2 is 1.86 bits per heavy atom. The van der Waals surface area contributed by atoms with Crippen LogP contribution in [0.2, 0.25) is 5.15 Å². The molecule has 1 heterocycles. The van der Waals surface area contributed by atoms with Crippen LogP contribution in [0.25, 0.3) is 10.9 Å². The lowest BCUT2D eigenvalue weighted by Gasteiger charge is -2.09. The number of aromatic nitrogens is 1. The minimum absolute atomic E-state index is 0.423. The third kappa shape index (κ3) is 2.49. The largest absolute Gasteiger partial charge is 0.326 e. The summed E-state index contributed by atoms with van der Waals surface area (Å²) in [5.41, 5.74) is 3.96. The highest BCUT2D eigenvalue weighted by molar-refractivity contribution is 6.32. The van der Waals surface area contributed by atoms with Gasteiger partial charge in [-0.1, -0.05) is 61.8 Å². The van der Waals surface area contributed by atoms with Gasteiger partial charge >= 0.3 is 0 Å². The van der Waals surface area contributed by atoms with Gasteiger partial charge < -0.3 is 4.57 Å². The van der Waals surface area contributed by atoms with Gasteiger partial charge in [0.15, 0.2) is 0 Å². The van der Waals surface area contributed by atoms with Crippen molar-refractivity contribution in [1.29, 1.82) is 5.26 Å². The van der Waals surface area contributed by atoms with Gasteiger partial charge in [-0.3, -0.25) is 0 Å². The lowest BCUT2D eigenvalue weighted by Crippen LogP contribution is -1.99. The zero-order valence-electron chi connectivity index (χ0n) is 12.7. The minimum Gasteiger partial charge on any atom is -0.326 e. The Hall–Kier alpha value is -2.24. The maximum Gasteiger partial charge on any atom is 0.128 e. The molecule has 0 fully saturated rings. The third-order valence-corrected chi connectivity index (χ3v) is 4.38. The Kier molecular flexibility index (Phi) is 3.92. The van der Waals surface area contributed by atoms with Crippen LogP contribution >= 0.6 is 11.6 Å². The van der Waals surface area contributed by atoms with Gasteiger partial charge in [-0.2, -0.15) is 5.26 Å². The molecule has 0 aliphatic carbocycles. The minimum atomic E-state index is 0.423. The smallest absolute Gasteiger partial charge is 0.128 e. The predicted molar refractivity (Wildman–Crippen MR) is 91.3 cm³/mol. The van der Waals surface area contributed by atoms with Crippen molar-refractivity contribution < 1.29 is 0 Å². The van der Waals surface area contributed by atoms with Crippen LogP contribution in [0.4, 0.5) is 0 Å². The van der Waals surface area contributed by atoms with Gasteiger partial charge in [0.2, 0.25) is 0 Å². The van der Waals surface area contributed by atoms with E-state index in [1.54, 1.807) is 0 Å². The first-order valence-electron chi connectivity index (χ1n) is 7.37. The van der Waals surface area contributed by atoms with E-state index in [1.165, 1.54) is 11.1 Å². The number of nitriles is 1. The van der Waals surface area contributed by atoms with Gasteiger partial charge in [-0.15, -0.1) is 0 Å². The highest BCUT2D eigenvalue weighted by Gasteiger charge is 2.16. The average Bonchev–Trinajstić information content (AvgIpc) is 2.79. The number of benzene rings is 2. The van der Waals surface area contributed by atoms with Crippen molar-refractivity contribution in [2.24, 2.45) is 0 Å². The quantitative estimate of drug-likeness (QED) is 0.642. The Bertz CT molecular complexity index is 855. The molecular formula is C19H17ClN2. The second-order valence-corrected chi connectivity index (χ2v) is 6.14. The normalized spacial score (nSPS) is 11.0. The number of fused-ring (bicyclic) bond motifs is 1. The molecule has 2 aromatic carbocycles. The van der Waals surface area contributed by atoms with Gasteiger partial charge in [0.05, 0.1) is 11.1 Å². The van der Waals surface area contributed by atoms with E-state index < -0.39 is 0 Å². The Labute approximate surface area is 135 Å². The summed E-state index contributed by atoms with van der Waals surface area (Å²) in [5, 5.41) is 10.9. The molecule has 110 valence electrons. The number of hydrogen-bond acceptors (Lipinski definition) is 1. The summed E-state index contributed by atoms with van der Waals surface area (Å²) in [6.07, 6.45) is 0. The van der Waals surface area contributed by atoms with Gasteiger partial charge in [0.1, 0.15) is 11.2 Å². The maximum atomic E-state index is 9.48. The Morgan fingerprint density at radius 3 is 2.50 bits per heavy atom. The molecule has 0 spiro atoms. The molecule has 0 aliphatic rings. The lowest BCUT2D eigenvalue weighted by molar-refractivity contribution is 0.835. The van der Waals surface area contributed by atoms with Crippen molar-refractivity contribution in [3.63, 3.8) is 0 Å². The van der Waals surface area contributed by atoms with Gasteiger partial charge in [-0.25, -0.2) is 0 Å². The van der Waals surface area contributed by atoms with E-state index in [4.69, 9.17) is 11.6 Å². The van der Waals surface area contributed by atoms with Crippen LogP contribution in [0.5, 0.6) is 0 Å². The van der Waals surface area contributed by atoms with Crippen LogP contribution in [0.15, 0.2) is 48.5 Å². The summed E-state index contributed by atoms with van der Waals surface area (Å²) < 4.78 is 2.01. The molecule has 0 unspecified atom stereocenters. The first-order chi connectivity index (χ1) is 10.6. The summed E-state index contributed by atoms with van der Waals surface area (Å²) in [6, 6.07) is 18.7. The lowest BCUT2D eigenvalue weighted by atomic mass is 10.0. The monoisotopic (exact) mass is 308 g/mol. The molecule has 2 nitrogen and oxygen atoms in total. The number of halogens is 1. The second kappa shape index (κ2) is 5.87. The molecular weight excluding hydrogens is 292 g/mol. The van der Waals surface area contributed by atoms with Crippen molar-refractivity contribution in [3.05, 3.63) is 70.4 Å². The maximum absolute atomic E-state index is 9.48. The van der Waals surface area contributed by atoms with Crippen molar-refractivity contribution in [2.75, 3.05) is 0 Å². The van der Waals surface area contributed by atoms with Gasteiger partial charge in [-0.05, 0) is 29.2 Å². The number of rotatable bonds is 3. The summed E-state index contributed by atoms with van der Waals surface area (Å²) in [6.45, 7) is 4.96. The molecule has 3 heteroatoms. The van der Waals surface area contributed by atoms with Crippen molar-refractivity contribution in [3.8, 4) is 6.07 Å². The summed E-state index contributed by atoms with van der Waals surface area (Å²) >= 11 is 6.47. The summed E-state index contributed by atoms with van der Waals surface area (Å²) in [7, 11) is 0. The van der Waals surface area contributed by atoms with E-state index in [0.717, 1.165) is 10.9 Å².